The number of allylic oxidation sites excluding steroid dienone is 34. The summed E-state index contributed by atoms with van der Waals surface area (Å²) in [6.45, 7) is 6.08. The van der Waals surface area contributed by atoms with Crippen LogP contribution in [0.3, 0.4) is 0 Å². The van der Waals surface area contributed by atoms with Crippen molar-refractivity contribution in [3.8, 4) is 0 Å². The van der Waals surface area contributed by atoms with Crippen molar-refractivity contribution in [3.05, 3.63) is 219 Å². The third-order valence-corrected chi connectivity index (χ3v) is 11.5. The van der Waals surface area contributed by atoms with Crippen molar-refractivity contribution in [2.24, 2.45) is 0 Å². The van der Waals surface area contributed by atoms with Gasteiger partial charge in [0.1, 0.15) is 13.2 Å². The zero-order valence-corrected chi connectivity index (χ0v) is 49.5. The molecule has 1 atom stereocenters. The summed E-state index contributed by atoms with van der Waals surface area (Å²) in [5, 5.41) is 0. The van der Waals surface area contributed by atoms with Crippen LogP contribution >= 0.6 is 0 Å². The Labute approximate surface area is 482 Å². The number of carbonyl (C=O) groups is 3. The second-order valence-electron chi connectivity index (χ2n) is 18.8. The van der Waals surface area contributed by atoms with Crippen molar-refractivity contribution in [2.75, 3.05) is 13.2 Å². The quantitative estimate of drug-likeness (QED) is 0.0261. The number of hydrogen-bond donors (Lipinski definition) is 0. The van der Waals surface area contributed by atoms with Gasteiger partial charge in [0, 0.05) is 6.42 Å². The Kier molecular flexibility index (Phi) is 59.2. The van der Waals surface area contributed by atoms with Crippen LogP contribution in [0, 0.1) is 0 Å². The van der Waals surface area contributed by atoms with Crippen LogP contribution in [0.5, 0.6) is 0 Å². The van der Waals surface area contributed by atoms with E-state index in [0.29, 0.717) is 19.3 Å². The minimum Gasteiger partial charge on any atom is -0.462 e. The number of unbranched alkanes of at least 4 members (excludes halogenated alkanes) is 6. The van der Waals surface area contributed by atoms with Crippen molar-refractivity contribution in [2.45, 2.75) is 207 Å². The zero-order valence-electron chi connectivity index (χ0n) is 49.5. The molecule has 6 nitrogen and oxygen atoms in total. The standard InChI is InChI=1S/C73H106O6/c1-4-7-10-13-16-19-22-25-28-29-30-31-32-33-34-35-36-37-38-39-40-41-42-43-46-48-51-54-57-60-63-66-72(75)78-69-70(79-73(76)67-64-61-58-55-52-49-45-27-24-21-18-15-12-9-6-3)68-77-71(74)65-62-59-56-53-50-47-44-26-23-20-17-14-11-8-5-2/h7-12,16-21,25-28,30-31,33-34,36-37,39-40,42-45,50,52-53,55,59,61-62,64,70H,4-6,13-15,22-24,29,32,35,38,41,46-49,51,54,56-58,60,63,65-69H2,1-3H3/b10-7-,11-8-,12-9-,19-16-,20-17-,21-18-,28-25-,31-30-,34-33-,37-36-,40-39-,43-42-,44-26-,45-27-,53-50-,55-52-,62-59-,64-61-. The molecular weight excluding hydrogens is 973 g/mol. The van der Waals surface area contributed by atoms with Crippen LogP contribution in [0.2, 0.25) is 0 Å². The fourth-order valence-corrected chi connectivity index (χ4v) is 7.13. The molecule has 0 saturated carbocycles. The third kappa shape index (κ3) is 62.5. The molecule has 434 valence electrons. The minimum absolute atomic E-state index is 0.0614. The Morgan fingerprint density at radius 2 is 0.506 bits per heavy atom. The van der Waals surface area contributed by atoms with Gasteiger partial charge in [0.25, 0.3) is 0 Å². The van der Waals surface area contributed by atoms with Crippen molar-refractivity contribution >= 4 is 17.9 Å². The molecule has 1 unspecified atom stereocenters. The van der Waals surface area contributed by atoms with E-state index in [0.717, 1.165) is 141 Å². The highest BCUT2D eigenvalue weighted by molar-refractivity contribution is 5.72. The van der Waals surface area contributed by atoms with Gasteiger partial charge in [-0.1, -0.05) is 265 Å². The molecule has 0 rings (SSSR count). The van der Waals surface area contributed by atoms with Gasteiger partial charge in [-0.25, -0.2) is 0 Å². The van der Waals surface area contributed by atoms with Crippen LogP contribution in [-0.4, -0.2) is 37.2 Å². The van der Waals surface area contributed by atoms with Crippen LogP contribution in [0.15, 0.2) is 219 Å². The van der Waals surface area contributed by atoms with E-state index in [1.807, 2.05) is 12.2 Å². The molecule has 0 bridgehead atoms. The van der Waals surface area contributed by atoms with Crippen LogP contribution < -0.4 is 0 Å². The summed E-state index contributed by atoms with van der Waals surface area (Å²) in [5.74, 6) is -1.26. The number of esters is 3. The monoisotopic (exact) mass is 1080 g/mol. The number of carbonyl (C=O) groups excluding carboxylic acids is 3. The first-order valence-corrected chi connectivity index (χ1v) is 30.2. The average molecular weight is 1080 g/mol. The first kappa shape index (κ1) is 72.7. The Morgan fingerprint density at radius 1 is 0.266 bits per heavy atom. The highest BCUT2D eigenvalue weighted by Gasteiger charge is 2.19. The van der Waals surface area contributed by atoms with E-state index in [9.17, 15) is 14.4 Å². The summed E-state index contributed by atoms with van der Waals surface area (Å²) in [6.07, 6.45) is 101. The Balaban J connectivity index is 4.52. The zero-order chi connectivity index (χ0) is 57.1. The second kappa shape index (κ2) is 64.3. The van der Waals surface area contributed by atoms with E-state index in [1.54, 1.807) is 12.2 Å². The number of hydrogen-bond acceptors (Lipinski definition) is 6. The van der Waals surface area contributed by atoms with E-state index in [1.165, 1.54) is 6.42 Å². The summed E-state index contributed by atoms with van der Waals surface area (Å²) < 4.78 is 16.6. The Hall–Kier alpha value is -6.27. The normalized spacial score (nSPS) is 13.7. The summed E-state index contributed by atoms with van der Waals surface area (Å²) in [7, 11) is 0. The molecule has 0 amide bonds. The smallest absolute Gasteiger partial charge is 0.310 e. The minimum atomic E-state index is -0.894. The van der Waals surface area contributed by atoms with Gasteiger partial charge >= 0.3 is 17.9 Å². The maximum atomic E-state index is 12.8. The maximum absolute atomic E-state index is 12.8. The highest BCUT2D eigenvalue weighted by Crippen LogP contribution is 2.11. The molecule has 0 aliphatic carbocycles. The van der Waals surface area contributed by atoms with Gasteiger partial charge < -0.3 is 14.2 Å². The molecular formula is C73H106O6. The lowest BCUT2D eigenvalue weighted by Gasteiger charge is -2.17. The SMILES string of the molecule is CC/C=C\C/C=C\C/C=C\C/C=C\C/C=C\C/C=C\C/C=C\C/C=C\CCCCCCCCC(=O)OCC(COC(=O)C/C=C\C/C=C\C/C=C\C/C=C\C/C=C\CC)OC(=O)C/C=C\C/C=C\C/C=C\C/C=C\C/C=C\CC. The lowest BCUT2D eigenvalue weighted by Crippen LogP contribution is -2.30. The largest absolute Gasteiger partial charge is 0.462 e. The van der Waals surface area contributed by atoms with E-state index in [4.69, 9.17) is 14.2 Å². The summed E-state index contributed by atoms with van der Waals surface area (Å²) >= 11 is 0. The van der Waals surface area contributed by atoms with Crippen LogP contribution in [0.4, 0.5) is 0 Å². The average Bonchev–Trinajstić information content (AvgIpc) is 3.45. The Morgan fingerprint density at radius 3 is 0.823 bits per heavy atom. The number of ether oxygens (including phenoxy) is 3. The van der Waals surface area contributed by atoms with Crippen molar-refractivity contribution < 1.29 is 28.6 Å². The van der Waals surface area contributed by atoms with Crippen molar-refractivity contribution in [1.82, 2.24) is 0 Å². The molecule has 0 aromatic carbocycles. The van der Waals surface area contributed by atoms with E-state index in [2.05, 4.69) is 215 Å². The predicted molar refractivity (Wildman–Crippen MR) is 343 cm³/mol. The fourth-order valence-electron chi connectivity index (χ4n) is 7.13. The van der Waals surface area contributed by atoms with Crippen LogP contribution in [0.1, 0.15) is 201 Å². The van der Waals surface area contributed by atoms with Gasteiger partial charge in [0.05, 0.1) is 12.8 Å². The maximum Gasteiger partial charge on any atom is 0.310 e. The van der Waals surface area contributed by atoms with Gasteiger partial charge in [-0.15, -0.1) is 0 Å². The molecule has 0 aromatic rings. The van der Waals surface area contributed by atoms with E-state index < -0.39 is 18.0 Å². The molecule has 0 aliphatic rings. The molecule has 0 radical (unpaired) electrons. The fraction of sp³-hybridized carbons (Fsp3) is 0.466. The molecule has 0 fully saturated rings. The molecule has 0 saturated heterocycles. The molecule has 0 aliphatic heterocycles. The summed E-state index contributed by atoms with van der Waals surface area (Å²) in [4.78, 5) is 38.1. The topological polar surface area (TPSA) is 78.9 Å². The Bertz CT molecular complexity index is 2010. The second-order valence-corrected chi connectivity index (χ2v) is 18.8. The van der Waals surface area contributed by atoms with Gasteiger partial charge in [0.2, 0.25) is 0 Å². The van der Waals surface area contributed by atoms with Gasteiger partial charge in [-0.05, 0) is 135 Å². The van der Waals surface area contributed by atoms with Gasteiger partial charge in [0.15, 0.2) is 6.10 Å². The van der Waals surface area contributed by atoms with Crippen LogP contribution in [-0.2, 0) is 28.6 Å². The number of rotatable bonds is 51. The molecule has 0 spiro atoms. The molecule has 6 heteroatoms. The third-order valence-electron chi connectivity index (χ3n) is 11.5. The van der Waals surface area contributed by atoms with Gasteiger partial charge in [-0.2, -0.15) is 0 Å². The molecule has 0 aromatic heterocycles. The summed E-state index contributed by atoms with van der Waals surface area (Å²) in [5.41, 5.74) is 0. The lowest BCUT2D eigenvalue weighted by atomic mass is 10.1. The van der Waals surface area contributed by atoms with Crippen molar-refractivity contribution in [3.63, 3.8) is 0 Å². The molecule has 0 heterocycles. The lowest BCUT2D eigenvalue weighted by molar-refractivity contribution is -0.166. The van der Waals surface area contributed by atoms with E-state index in [-0.39, 0.29) is 32.0 Å². The van der Waals surface area contributed by atoms with Gasteiger partial charge in [-0.3, -0.25) is 14.4 Å². The predicted octanol–water partition coefficient (Wildman–Crippen LogP) is 21.0. The molecule has 0 N–H and O–H groups in total. The highest BCUT2D eigenvalue weighted by atomic mass is 16.6. The first-order valence-electron chi connectivity index (χ1n) is 30.2. The van der Waals surface area contributed by atoms with Crippen LogP contribution in [0.25, 0.3) is 0 Å². The molecule has 79 heavy (non-hydrogen) atoms. The summed E-state index contributed by atoms with van der Waals surface area (Å²) in [6, 6.07) is 0. The van der Waals surface area contributed by atoms with Crippen molar-refractivity contribution in [1.29, 1.82) is 0 Å². The van der Waals surface area contributed by atoms with E-state index >= 15 is 0 Å². The first-order chi connectivity index (χ1) is 39.0.